The molecule has 0 unspecified atom stereocenters. The third-order valence-electron chi connectivity index (χ3n) is 2.70. The topological polar surface area (TPSA) is 26.0 Å². The number of nitrogens with two attached hydrogens (primary N) is 1. The van der Waals surface area contributed by atoms with Crippen molar-refractivity contribution in [3.8, 4) is 11.1 Å². The van der Waals surface area contributed by atoms with Gasteiger partial charge in [0.05, 0.1) is 0 Å². The van der Waals surface area contributed by atoms with Crippen molar-refractivity contribution in [2.24, 2.45) is 5.73 Å². The molecule has 0 saturated heterocycles. The smallest absolute Gasteiger partial charge is 0.264 e. The standard InChI is InChI=1S/C14H13F2N/c15-14(16)13-4-2-1-3-12(13)11-7-5-10(9-17)6-8-11/h1-8,14H,9,17H2. The minimum Gasteiger partial charge on any atom is -0.326 e. The predicted octanol–water partition coefficient (Wildman–Crippen LogP) is 3.75. The van der Waals surface area contributed by atoms with E-state index in [0.29, 0.717) is 12.1 Å². The lowest BCUT2D eigenvalue weighted by Crippen LogP contribution is -1.96. The van der Waals surface area contributed by atoms with Gasteiger partial charge < -0.3 is 5.73 Å². The van der Waals surface area contributed by atoms with Gasteiger partial charge in [0.25, 0.3) is 6.43 Å². The Labute approximate surface area is 98.9 Å². The van der Waals surface area contributed by atoms with Gasteiger partial charge in [0.1, 0.15) is 0 Å². The van der Waals surface area contributed by atoms with Gasteiger partial charge >= 0.3 is 0 Å². The lowest BCUT2D eigenvalue weighted by molar-refractivity contribution is 0.152. The van der Waals surface area contributed by atoms with Crippen molar-refractivity contribution < 1.29 is 8.78 Å². The molecule has 2 aromatic carbocycles. The fraction of sp³-hybridized carbons (Fsp3) is 0.143. The molecular weight excluding hydrogens is 220 g/mol. The van der Waals surface area contributed by atoms with Gasteiger partial charge in [-0.15, -0.1) is 0 Å². The van der Waals surface area contributed by atoms with E-state index in [0.717, 1.165) is 11.1 Å². The maximum atomic E-state index is 12.8. The Morgan fingerprint density at radius 1 is 0.941 bits per heavy atom. The van der Waals surface area contributed by atoms with Crippen LogP contribution in [0.2, 0.25) is 0 Å². The van der Waals surface area contributed by atoms with E-state index in [2.05, 4.69) is 0 Å². The van der Waals surface area contributed by atoms with Crippen molar-refractivity contribution in [3.63, 3.8) is 0 Å². The zero-order valence-corrected chi connectivity index (χ0v) is 9.24. The number of hydrogen-bond donors (Lipinski definition) is 1. The van der Waals surface area contributed by atoms with Gasteiger partial charge in [0, 0.05) is 12.1 Å². The van der Waals surface area contributed by atoms with Gasteiger partial charge in [0.2, 0.25) is 0 Å². The lowest BCUT2D eigenvalue weighted by atomic mass is 9.99. The van der Waals surface area contributed by atoms with Crippen LogP contribution >= 0.6 is 0 Å². The molecule has 0 aliphatic heterocycles. The van der Waals surface area contributed by atoms with Crippen LogP contribution in [0.15, 0.2) is 48.5 Å². The Kier molecular flexibility index (Phi) is 3.49. The Morgan fingerprint density at radius 2 is 1.59 bits per heavy atom. The van der Waals surface area contributed by atoms with Crippen molar-refractivity contribution in [2.75, 3.05) is 0 Å². The summed E-state index contributed by atoms with van der Waals surface area (Å²) in [5, 5.41) is 0. The molecule has 3 heteroatoms. The van der Waals surface area contributed by atoms with E-state index >= 15 is 0 Å². The molecule has 0 spiro atoms. The number of hydrogen-bond acceptors (Lipinski definition) is 1. The van der Waals surface area contributed by atoms with Crippen molar-refractivity contribution in [1.82, 2.24) is 0 Å². The minimum atomic E-state index is -2.46. The largest absolute Gasteiger partial charge is 0.326 e. The Bertz CT molecular complexity index is 492. The maximum absolute atomic E-state index is 12.8. The molecule has 1 nitrogen and oxygen atoms in total. The van der Waals surface area contributed by atoms with E-state index in [1.807, 2.05) is 24.3 Å². The van der Waals surface area contributed by atoms with Crippen LogP contribution in [0.1, 0.15) is 17.6 Å². The first-order valence-corrected chi connectivity index (χ1v) is 5.39. The molecule has 0 radical (unpaired) electrons. The summed E-state index contributed by atoms with van der Waals surface area (Å²) < 4.78 is 25.7. The fourth-order valence-corrected chi connectivity index (χ4v) is 1.77. The molecule has 0 aromatic heterocycles. The average Bonchev–Trinajstić information content (AvgIpc) is 2.39. The van der Waals surface area contributed by atoms with Crippen molar-refractivity contribution in [2.45, 2.75) is 13.0 Å². The van der Waals surface area contributed by atoms with Gasteiger partial charge in [0.15, 0.2) is 0 Å². The Hall–Kier alpha value is -1.74. The zero-order chi connectivity index (χ0) is 12.3. The van der Waals surface area contributed by atoms with Crippen molar-refractivity contribution in [1.29, 1.82) is 0 Å². The van der Waals surface area contributed by atoms with Crippen molar-refractivity contribution >= 4 is 0 Å². The summed E-state index contributed by atoms with van der Waals surface area (Å²) in [7, 11) is 0. The van der Waals surface area contributed by atoms with Crippen LogP contribution in [-0.2, 0) is 6.54 Å². The van der Waals surface area contributed by atoms with Gasteiger partial charge in [-0.2, -0.15) is 0 Å². The summed E-state index contributed by atoms with van der Waals surface area (Å²) in [6.07, 6.45) is -2.46. The van der Waals surface area contributed by atoms with Crippen LogP contribution in [0.4, 0.5) is 8.78 Å². The predicted molar refractivity (Wildman–Crippen MR) is 64.7 cm³/mol. The number of halogens is 2. The third kappa shape index (κ3) is 2.50. The fourth-order valence-electron chi connectivity index (χ4n) is 1.77. The molecule has 2 aromatic rings. The van der Waals surface area contributed by atoms with Crippen LogP contribution in [0.25, 0.3) is 11.1 Å². The monoisotopic (exact) mass is 233 g/mol. The van der Waals surface area contributed by atoms with Crippen LogP contribution in [0.3, 0.4) is 0 Å². The van der Waals surface area contributed by atoms with Gasteiger partial charge in [-0.25, -0.2) is 8.78 Å². The molecule has 17 heavy (non-hydrogen) atoms. The Morgan fingerprint density at radius 3 is 2.18 bits per heavy atom. The zero-order valence-electron chi connectivity index (χ0n) is 9.24. The van der Waals surface area contributed by atoms with Crippen molar-refractivity contribution in [3.05, 3.63) is 59.7 Å². The summed E-state index contributed by atoms with van der Waals surface area (Å²) >= 11 is 0. The molecule has 0 atom stereocenters. The molecule has 0 fully saturated rings. The van der Waals surface area contributed by atoms with Crippen LogP contribution in [0.5, 0.6) is 0 Å². The first-order chi connectivity index (χ1) is 8.22. The number of alkyl halides is 2. The summed E-state index contributed by atoms with van der Waals surface area (Å²) in [5.41, 5.74) is 7.91. The summed E-state index contributed by atoms with van der Waals surface area (Å²) in [5.74, 6) is 0. The summed E-state index contributed by atoms with van der Waals surface area (Å²) in [6, 6.07) is 13.9. The van der Waals surface area contributed by atoms with E-state index < -0.39 is 6.43 Å². The second-order valence-corrected chi connectivity index (χ2v) is 3.79. The summed E-state index contributed by atoms with van der Waals surface area (Å²) in [6.45, 7) is 0.455. The highest BCUT2D eigenvalue weighted by atomic mass is 19.3. The molecule has 2 N–H and O–H groups in total. The quantitative estimate of drug-likeness (QED) is 0.858. The number of benzene rings is 2. The SMILES string of the molecule is NCc1ccc(-c2ccccc2C(F)F)cc1. The first kappa shape index (κ1) is 11.7. The molecule has 2 rings (SSSR count). The molecule has 0 aliphatic rings. The van der Waals surface area contributed by atoms with Crippen LogP contribution < -0.4 is 5.73 Å². The molecular formula is C14H13F2N. The van der Waals surface area contributed by atoms with Gasteiger partial charge in [-0.1, -0.05) is 48.5 Å². The molecule has 0 amide bonds. The minimum absolute atomic E-state index is 0.0630. The second kappa shape index (κ2) is 5.06. The van der Waals surface area contributed by atoms with Gasteiger partial charge in [-0.05, 0) is 16.7 Å². The summed E-state index contributed by atoms with van der Waals surface area (Å²) in [4.78, 5) is 0. The first-order valence-electron chi connectivity index (χ1n) is 5.39. The molecule has 88 valence electrons. The number of rotatable bonds is 3. The normalized spacial score (nSPS) is 10.8. The molecule has 0 saturated carbocycles. The van der Waals surface area contributed by atoms with E-state index in [9.17, 15) is 8.78 Å². The molecule has 0 heterocycles. The highest BCUT2D eigenvalue weighted by Gasteiger charge is 2.12. The van der Waals surface area contributed by atoms with Gasteiger partial charge in [-0.3, -0.25) is 0 Å². The third-order valence-corrected chi connectivity index (χ3v) is 2.70. The van der Waals surface area contributed by atoms with E-state index in [4.69, 9.17) is 5.73 Å². The van der Waals surface area contributed by atoms with Crippen LogP contribution in [-0.4, -0.2) is 0 Å². The Balaban J connectivity index is 2.45. The lowest BCUT2D eigenvalue weighted by Gasteiger charge is -2.09. The average molecular weight is 233 g/mol. The van der Waals surface area contributed by atoms with E-state index in [-0.39, 0.29) is 5.56 Å². The van der Waals surface area contributed by atoms with Crippen LogP contribution in [0, 0.1) is 0 Å². The highest BCUT2D eigenvalue weighted by Crippen LogP contribution is 2.30. The highest BCUT2D eigenvalue weighted by molar-refractivity contribution is 5.67. The van der Waals surface area contributed by atoms with E-state index in [1.165, 1.54) is 6.07 Å². The maximum Gasteiger partial charge on any atom is 0.264 e. The van der Waals surface area contributed by atoms with E-state index in [1.54, 1.807) is 18.2 Å². The molecule has 0 aliphatic carbocycles. The second-order valence-electron chi connectivity index (χ2n) is 3.79. The molecule has 0 bridgehead atoms.